The highest BCUT2D eigenvalue weighted by Gasteiger charge is 2.19. The molecule has 4 heteroatoms. The van der Waals surface area contributed by atoms with Crippen LogP contribution in [0.4, 0.5) is 5.69 Å². The maximum absolute atomic E-state index is 12.1. The fraction of sp³-hybridized carbons (Fsp3) is 0.0909. The van der Waals surface area contributed by atoms with Crippen molar-refractivity contribution < 1.29 is 9.53 Å². The van der Waals surface area contributed by atoms with Crippen molar-refractivity contribution in [3.05, 3.63) is 131 Å². The number of carbonyl (C=O) groups excluding carboxylic acids is 1. The van der Waals surface area contributed by atoms with Crippen LogP contribution in [-0.4, -0.2) is 23.9 Å². The van der Waals surface area contributed by atoms with Crippen molar-refractivity contribution in [1.82, 2.24) is 4.57 Å². The van der Waals surface area contributed by atoms with Crippen LogP contribution in [0.15, 0.2) is 114 Å². The van der Waals surface area contributed by atoms with E-state index in [0.717, 1.165) is 39.5 Å². The summed E-state index contributed by atoms with van der Waals surface area (Å²) in [7, 11) is 1.39. The fourth-order valence-corrected chi connectivity index (χ4v) is 4.64. The van der Waals surface area contributed by atoms with E-state index in [9.17, 15) is 4.79 Å². The van der Waals surface area contributed by atoms with Crippen molar-refractivity contribution in [3.8, 4) is 28.2 Å². The highest BCUT2D eigenvalue weighted by molar-refractivity contribution is 5.95. The molecule has 5 rings (SSSR count). The first-order chi connectivity index (χ1) is 18.0. The monoisotopic (exact) mass is 484 g/mol. The Bertz CT molecular complexity index is 1540. The van der Waals surface area contributed by atoms with E-state index in [-0.39, 0.29) is 5.97 Å². The molecule has 182 valence electrons. The summed E-state index contributed by atoms with van der Waals surface area (Å²) in [6.45, 7) is 4.17. The van der Waals surface area contributed by atoms with E-state index in [1.165, 1.54) is 18.2 Å². The summed E-state index contributed by atoms with van der Waals surface area (Å²) in [4.78, 5) is 16.9. The Morgan fingerprint density at radius 3 is 1.95 bits per heavy atom. The van der Waals surface area contributed by atoms with Gasteiger partial charge in [0.15, 0.2) is 0 Å². The summed E-state index contributed by atoms with van der Waals surface area (Å²) in [6, 6.07) is 36.6. The third-order valence-corrected chi connectivity index (χ3v) is 6.25. The van der Waals surface area contributed by atoms with Gasteiger partial charge in [-0.2, -0.15) is 0 Å². The molecule has 0 aliphatic carbocycles. The molecule has 0 N–H and O–H groups in total. The minimum atomic E-state index is -0.355. The Morgan fingerprint density at radius 2 is 1.35 bits per heavy atom. The second-order valence-electron chi connectivity index (χ2n) is 9.04. The van der Waals surface area contributed by atoms with E-state index >= 15 is 0 Å². The zero-order chi connectivity index (χ0) is 25.8. The Labute approximate surface area is 217 Å². The van der Waals surface area contributed by atoms with Gasteiger partial charge < -0.3 is 9.30 Å². The first kappa shape index (κ1) is 24.0. The molecule has 0 amide bonds. The van der Waals surface area contributed by atoms with Crippen LogP contribution in [0.25, 0.3) is 28.2 Å². The van der Waals surface area contributed by atoms with Gasteiger partial charge in [-0.15, -0.1) is 0 Å². The van der Waals surface area contributed by atoms with Gasteiger partial charge in [-0.1, -0.05) is 66.7 Å². The lowest BCUT2D eigenvalue weighted by molar-refractivity contribution is 0.0600. The maximum Gasteiger partial charge on any atom is 0.337 e. The molecule has 0 aliphatic heterocycles. The molecule has 4 nitrogen and oxygen atoms in total. The minimum absolute atomic E-state index is 0.355. The normalized spacial score (nSPS) is 11.1. The van der Waals surface area contributed by atoms with Gasteiger partial charge in [-0.05, 0) is 78.6 Å². The largest absolute Gasteiger partial charge is 0.465 e. The van der Waals surface area contributed by atoms with Crippen LogP contribution in [0.1, 0.15) is 27.0 Å². The molecule has 0 spiro atoms. The van der Waals surface area contributed by atoms with Crippen molar-refractivity contribution in [2.75, 3.05) is 7.11 Å². The van der Waals surface area contributed by atoms with Crippen LogP contribution >= 0.6 is 0 Å². The molecule has 0 aliphatic rings. The minimum Gasteiger partial charge on any atom is -0.465 e. The van der Waals surface area contributed by atoms with E-state index in [4.69, 9.17) is 9.73 Å². The predicted molar refractivity (Wildman–Crippen MR) is 151 cm³/mol. The molecule has 5 aromatic rings. The summed E-state index contributed by atoms with van der Waals surface area (Å²) in [5.74, 6) is -0.355. The molecule has 0 unspecified atom stereocenters. The number of methoxy groups -OCH3 is 1. The van der Waals surface area contributed by atoms with E-state index in [1.54, 1.807) is 12.1 Å². The molecule has 0 saturated heterocycles. The van der Waals surface area contributed by atoms with E-state index in [0.29, 0.717) is 5.56 Å². The van der Waals surface area contributed by atoms with E-state index in [1.807, 2.05) is 54.7 Å². The summed E-state index contributed by atoms with van der Waals surface area (Å²) < 4.78 is 7.13. The van der Waals surface area contributed by atoms with Crippen LogP contribution in [0, 0.1) is 13.8 Å². The molecule has 4 aromatic carbocycles. The molecule has 1 heterocycles. The number of hydrogen-bond acceptors (Lipinski definition) is 3. The van der Waals surface area contributed by atoms with Crippen LogP contribution in [0.3, 0.4) is 0 Å². The zero-order valence-electron chi connectivity index (χ0n) is 21.2. The summed E-state index contributed by atoms with van der Waals surface area (Å²) in [5, 5.41) is 0. The topological polar surface area (TPSA) is 43.6 Å². The van der Waals surface area contributed by atoms with Gasteiger partial charge in [0.1, 0.15) is 0 Å². The highest BCUT2D eigenvalue weighted by Crippen LogP contribution is 2.36. The molecule has 0 atom stereocenters. The average Bonchev–Trinajstić information content (AvgIpc) is 3.31. The Balaban J connectivity index is 1.75. The van der Waals surface area contributed by atoms with Gasteiger partial charge in [0.2, 0.25) is 0 Å². The second kappa shape index (κ2) is 10.5. The van der Waals surface area contributed by atoms with E-state index < -0.39 is 0 Å². The lowest BCUT2D eigenvalue weighted by Crippen LogP contribution is -2.03. The number of aliphatic imine (C=N–C) groups is 1. The Morgan fingerprint density at radius 1 is 0.757 bits per heavy atom. The number of hydrogen-bond donors (Lipinski definition) is 0. The first-order valence-corrected chi connectivity index (χ1v) is 12.2. The number of benzene rings is 4. The second-order valence-corrected chi connectivity index (χ2v) is 9.04. The van der Waals surface area contributed by atoms with Crippen LogP contribution in [-0.2, 0) is 4.74 Å². The first-order valence-electron chi connectivity index (χ1n) is 12.2. The summed E-state index contributed by atoms with van der Waals surface area (Å²) in [5.41, 5.74) is 9.97. The number of nitrogens with zero attached hydrogens (tertiary/aromatic N) is 2. The molecule has 1 aromatic heterocycles. The van der Waals surface area contributed by atoms with Crippen molar-refractivity contribution >= 4 is 17.9 Å². The summed E-state index contributed by atoms with van der Waals surface area (Å²) in [6.07, 6.45) is 1.95. The van der Waals surface area contributed by atoms with Crippen molar-refractivity contribution in [1.29, 1.82) is 0 Å². The van der Waals surface area contributed by atoms with Crippen LogP contribution in [0.2, 0.25) is 0 Å². The van der Waals surface area contributed by atoms with Gasteiger partial charge in [0, 0.05) is 17.5 Å². The molecular formula is C33H28N2O2. The number of rotatable bonds is 6. The number of carbonyl (C=O) groups is 1. The molecule has 0 saturated carbocycles. The van der Waals surface area contributed by atoms with Gasteiger partial charge >= 0.3 is 5.97 Å². The average molecular weight is 485 g/mol. The van der Waals surface area contributed by atoms with Gasteiger partial charge in [-0.3, -0.25) is 4.99 Å². The van der Waals surface area contributed by atoms with Gasteiger partial charge in [0.25, 0.3) is 0 Å². The predicted octanol–water partition coefficient (Wildman–Crippen LogP) is 7.97. The molecule has 0 fully saturated rings. The molecule has 0 radical (unpaired) electrons. The third-order valence-electron chi connectivity index (χ3n) is 6.25. The SMILES string of the molecule is COC(=O)c1ccc(-n2c(-c3ccccc3)cc(C=Nc3cc(C)cc(C)c3)c2-c2ccccc2)cc1. The van der Waals surface area contributed by atoms with E-state index in [2.05, 4.69) is 66.9 Å². The number of ether oxygens (including phenoxy) is 1. The maximum atomic E-state index is 12.1. The zero-order valence-corrected chi connectivity index (χ0v) is 21.2. The standard InChI is InChI=1S/C33H28N2O2/c1-23-18-24(2)20-29(19-23)34-22-28-21-31(25-10-6-4-7-11-25)35(32(28)26-12-8-5-9-13-26)30-16-14-27(15-17-30)33(36)37-3/h4-22H,1-3H3. The van der Waals surface area contributed by atoms with Gasteiger partial charge in [0.05, 0.1) is 29.7 Å². The lowest BCUT2D eigenvalue weighted by atomic mass is 10.1. The molecular weight excluding hydrogens is 456 g/mol. The number of aryl methyl sites for hydroxylation is 2. The third kappa shape index (κ3) is 5.14. The quantitative estimate of drug-likeness (QED) is 0.181. The van der Waals surface area contributed by atoms with Crippen LogP contribution in [0.5, 0.6) is 0 Å². The Hall–Kier alpha value is -4.70. The fourth-order valence-electron chi connectivity index (χ4n) is 4.64. The van der Waals surface area contributed by atoms with Gasteiger partial charge in [-0.25, -0.2) is 4.79 Å². The number of esters is 1. The summed E-state index contributed by atoms with van der Waals surface area (Å²) >= 11 is 0. The van der Waals surface area contributed by atoms with Crippen molar-refractivity contribution in [3.63, 3.8) is 0 Å². The lowest BCUT2D eigenvalue weighted by Gasteiger charge is -2.15. The van der Waals surface area contributed by atoms with Crippen LogP contribution < -0.4 is 0 Å². The van der Waals surface area contributed by atoms with Crippen molar-refractivity contribution in [2.24, 2.45) is 4.99 Å². The Kier molecular flexibility index (Phi) is 6.82. The highest BCUT2D eigenvalue weighted by atomic mass is 16.5. The molecule has 0 bridgehead atoms. The number of aromatic nitrogens is 1. The molecule has 37 heavy (non-hydrogen) atoms. The van der Waals surface area contributed by atoms with Crippen molar-refractivity contribution in [2.45, 2.75) is 13.8 Å². The smallest absolute Gasteiger partial charge is 0.337 e.